The van der Waals surface area contributed by atoms with Gasteiger partial charge in [0.25, 0.3) is 0 Å². The second kappa shape index (κ2) is 7.25. The van der Waals surface area contributed by atoms with Crippen molar-refractivity contribution in [2.45, 2.75) is 5.25 Å². The number of hydrogen-bond acceptors (Lipinski definition) is 4. The number of thiol groups is 1. The average molecular weight is 377 g/mol. The van der Waals surface area contributed by atoms with E-state index in [0.29, 0.717) is 17.1 Å². The number of benzene rings is 2. The topological polar surface area (TPSA) is 61.8 Å². The minimum atomic E-state index is -0.444. The summed E-state index contributed by atoms with van der Waals surface area (Å²) in [5.41, 5.74) is 3.81. The van der Waals surface area contributed by atoms with Gasteiger partial charge in [-0.2, -0.15) is 12.6 Å². The highest BCUT2D eigenvalue weighted by Crippen LogP contribution is 2.37. The molecule has 1 atom stereocenters. The number of nitrogens with zero attached hydrogens (tertiary/aromatic N) is 2. The number of phenols is 1. The maximum Gasteiger partial charge on any atom is 0.124 e. The van der Waals surface area contributed by atoms with E-state index in [0.717, 1.165) is 16.8 Å². The van der Waals surface area contributed by atoms with Crippen molar-refractivity contribution in [2.75, 3.05) is 0 Å². The number of aromatic hydroxyl groups is 1. The summed E-state index contributed by atoms with van der Waals surface area (Å²) in [5, 5.41) is 9.70. The second-order valence-corrected chi connectivity index (χ2v) is 6.57. The molecule has 0 radical (unpaired) electrons. The number of phenolic OH excluding ortho intramolecular Hbond substituents is 1. The van der Waals surface area contributed by atoms with Crippen LogP contribution in [0.1, 0.15) is 16.6 Å². The SMILES string of the molecule is Oc1ccccc1C(S)c1nc(-c2ccc(F)cc2)c(-c2ccncc2)[nH]1. The van der Waals surface area contributed by atoms with Crippen LogP contribution in [-0.2, 0) is 0 Å². The monoisotopic (exact) mass is 377 g/mol. The van der Waals surface area contributed by atoms with Crippen molar-refractivity contribution < 1.29 is 9.50 Å². The zero-order valence-corrected chi connectivity index (χ0v) is 15.1. The van der Waals surface area contributed by atoms with Gasteiger partial charge in [-0.15, -0.1) is 0 Å². The van der Waals surface area contributed by atoms with Crippen molar-refractivity contribution in [3.05, 3.63) is 90.3 Å². The standard InChI is InChI=1S/C21H16FN3OS/c22-15-7-5-13(6-8-15)18-19(14-9-11-23-12-10-14)25-21(24-18)20(27)16-3-1-2-4-17(16)26/h1-12,20,26-27H,(H,24,25). The molecule has 2 aromatic heterocycles. The Bertz CT molecular complexity index is 1060. The zero-order valence-electron chi connectivity index (χ0n) is 14.2. The molecule has 2 aromatic carbocycles. The third kappa shape index (κ3) is 3.44. The Hall–Kier alpha value is -3.12. The average Bonchev–Trinajstić information content (AvgIpc) is 3.14. The smallest absolute Gasteiger partial charge is 0.124 e. The molecular formula is C21H16FN3OS. The molecule has 0 amide bonds. The molecule has 134 valence electrons. The first-order valence-electron chi connectivity index (χ1n) is 8.35. The molecule has 0 bridgehead atoms. The minimum Gasteiger partial charge on any atom is -0.508 e. The molecule has 0 aliphatic carbocycles. The third-order valence-electron chi connectivity index (χ3n) is 4.30. The first-order chi connectivity index (χ1) is 13.1. The van der Waals surface area contributed by atoms with E-state index in [2.05, 4.69) is 22.6 Å². The summed E-state index contributed by atoms with van der Waals surface area (Å²) < 4.78 is 13.3. The largest absolute Gasteiger partial charge is 0.508 e. The molecule has 0 aliphatic heterocycles. The second-order valence-electron chi connectivity index (χ2n) is 6.05. The van der Waals surface area contributed by atoms with Crippen LogP contribution in [0.3, 0.4) is 0 Å². The van der Waals surface area contributed by atoms with Gasteiger partial charge in [-0.05, 0) is 42.5 Å². The van der Waals surface area contributed by atoms with E-state index >= 15 is 0 Å². The van der Waals surface area contributed by atoms with Gasteiger partial charge in [0.1, 0.15) is 17.4 Å². The summed E-state index contributed by atoms with van der Waals surface area (Å²) in [6, 6.07) is 16.9. The number of aromatic nitrogens is 3. The number of rotatable bonds is 4. The van der Waals surface area contributed by atoms with Crippen LogP contribution in [0.5, 0.6) is 5.75 Å². The first kappa shape index (κ1) is 17.3. The lowest BCUT2D eigenvalue weighted by atomic mass is 10.1. The summed E-state index contributed by atoms with van der Waals surface area (Å²) in [4.78, 5) is 12.1. The molecule has 27 heavy (non-hydrogen) atoms. The molecule has 2 heterocycles. The minimum absolute atomic E-state index is 0.155. The van der Waals surface area contributed by atoms with Gasteiger partial charge in [-0.3, -0.25) is 4.98 Å². The number of pyridine rings is 1. The van der Waals surface area contributed by atoms with E-state index in [1.807, 2.05) is 18.2 Å². The fraction of sp³-hybridized carbons (Fsp3) is 0.0476. The number of halogens is 1. The summed E-state index contributed by atoms with van der Waals surface area (Å²) in [7, 11) is 0. The van der Waals surface area contributed by atoms with Crippen molar-refractivity contribution >= 4 is 12.6 Å². The van der Waals surface area contributed by atoms with Crippen molar-refractivity contribution in [3.63, 3.8) is 0 Å². The molecular weight excluding hydrogens is 361 g/mol. The Morgan fingerprint density at radius 3 is 2.33 bits per heavy atom. The zero-order chi connectivity index (χ0) is 18.8. The normalized spacial score (nSPS) is 12.1. The van der Waals surface area contributed by atoms with E-state index < -0.39 is 5.25 Å². The fourth-order valence-electron chi connectivity index (χ4n) is 2.93. The van der Waals surface area contributed by atoms with Crippen LogP contribution in [0, 0.1) is 5.82 Å². The molecule has 0 saturated heterocycles. The highest BCUT2D eigenvalue weighted by molar-refractivity contribution is 7.80. The number of H-pyrrole nitrogens is 1. The van der Waals surface area contributed by atoms with Crippen LogP contribution in [0.25, 0.3) is 22.5 Å². The summed E-state index contributed by atoms with van der Waals surface area (Å²) in [5.74, 6) is 0.440. The van der Waals surface area contributed by atoms with E-state index in [4.69, 9.17) is 4.98 Å². The van der Waals surface area contributed by atoms with Crippen molar-refractivity contribution in [1.29, 1.82) is 0 Å². The number of hydrogen-bond donors (Lipinski definition) is 3. The van der Waals surface area contributed by atoms with Gasteiger partial charge in [0.2, 0.25) is 0 Å². The van der Waals surface area contributed by atoms with Gasteiger partial charge >= 0.3 is 0 Å². The van der Waals surface area contributed by atoms with Gasteiger partial charge in [-0.25, -0.2) is 9.37 Å². The Kier molecular flexibility index (Phi) is 4.64. The molecule has 0 saturated carbocycles. The van der Waals surface area contributed by atoms with Gasteiger partial charge in [0, 0.05) is 29.1 Å². The number of para-hydroxylation sites is 1. The van der Waals surface area contributed by atoms with Crippen molar-refractivity contribution in [1.82, 2.24) is 15.0 Å². The van der Waals surface area contributed by atoms with Crippen LogP contribution < -0.4 is 0 Å². The molecule has 2 N–H and O–H groups in total. The predicted molar refractivity (Wildman–Crippen MR) is 106 cm³/mol. The quantitative estimate of drug-likeness (QED) is 0.439. The van der Waals surface area contributed by atoms with Gasteiger partial charge in [-0.1, -0.05) is 18.2 Å². The maximum atomic E-state index is 13.3. The summed E-state index contributed by atoms with van der Waals surface area (Å²) in [6.07, 6.45) is 3.40. The van der Waals surface area contributed by atoms with Crippen molar-refractivity contribution in [3.8, 4) is 28.3 Å². The van der Waals surface area contributed by atoms with Crippen LogP contribution in [-0.4, -0.2) is 20.1 Å². The highest BCUT2D eigenvalue weighted by Gasteiger charge is 2.21. The molecule has 4 rings (SSSR count). The van der Waals surface area contributed by atoms with Crippen LogP contribution in [0.4, 0.5) is 4.39 Å². The molecule has 0 aliphatic rings. The lowest BCUT2D eigenvalue weighted by Gasteiger charge is -2.10. The van der Waals surface area contributed by atoms with Crippen molar-refractivity contribution in [2.24, 2.45) is 0 Å². The molecule has 6 heteroatoms. The van der Waals surface area contributed by atoms with Gasteiger partial charge in [0.05, 0.1) is 16.6 Å². The summed E-state index contributed by atoms with van der Waals surface area (Å²) >= 11 is 4.65. The maximum absolute atomic E-state index is 13.3. The van der Waals surface area contributed by atoms with E-state index in [1.54, 1.807) is 42.7 Å². The van der Waals surface area contributed by atoms with E-state index in [9.17, 15) is 9.50 Å². The Labute approximate surface area is 161 Å². The van der Waals surface area contributed by atoms with Gasteiger partial charge < -0.3 is 10.1 Å². The van der Waals surface area contributed by atoms with E-state index in [1.165, 1.54) is 12.1 Å². The number of aromatic amines is 1. The Morgan fingerprint density at radius 1 is 0.926 bits per heavy atom. The number of imidazole rings is 1. The molecule has 0 fully saturated rings. The van der Waals surface area contributed by atoms with Crippen LogP contribution in [0.15, 0.2) is 73.1 Å². The number of nitrogens with one attached hydrogen (secondary N) is 1. The van der Waals surface area contributed by atoms with Crippen LogP contribution >= 0.6 is 12.6 Å². The lowest BCUT2D eigenvalue weighted by molar-refractivity contribution is 0.469. The molecule has 4 nitrogen and oxygen atoms in total. The molecule has 4 aromatic rings. The first-order valence-corrected chi connectivity index (χ1v) is 8.87. The fourth-order valence-corrected chi connectivity index (χ4v) is 3.27. The predicted octanol–water partition coefficient (Wildman–Crippen LogP) is 5.00. The lowest BCUT2D eigenvalue weighted by Crippen LogP contribution is -1.96. The summed E-state index contributed by atoms with van der Waals surface area (Å²) in [6.45, 7) is 0. The molecule has 0 spiro atoms. The third-order valence-corrected chi connectivity index (χ3v) is 4.82. The van der Waals surface area contributed by atoms with Gasteiger partial charge in [0.15, 0.2) is 0 Å². The van der Waals surface area contributed by atoms with E-state index in [-0.39, 0.29) is 11.6 Å². The molecule has 1 unspecified atom stereocenters. The Morgan fingerprint density at radius 2 is 1.63 bits per heavy atom. The Balaban J connectivity index is 1.85. The van der Waals surface area contributed by atoms with Crippen LogP contribution in [0.2, 0.25) is 0 Å². The highest BCUT2D eigenvalue weighted by atomic mass is 32.1.